The van der Waals surface area contributed by atoms with Crippen LogP contribution in [0.2, 0.25) is 0 Å². The van der Waals surface area contributed by atoms with Crippen LogP contribution in [0.4, 0.5) is 5.82 Å². The molecular formula is C17H14N4O2. The molecule has 6 heteroatoms. The summed E-state index contributed by atoms with van der Waals surface area (Å²) in [5.74, 6) is 0.111. The zero-order valence-corrected chi connectivity index (χ0v) is 12.2. The van der Waals surface area contributed by atoms with Crippen molar-refractivity contribution < 1.29 is 4.79 Å². The Hall–Kier alpha value is -3.28. The molecule has 0 saturated heterocycles. The Morgan fingerprint density at radius 3 is 2.52 bits per heavy atom. The second-order valence-electron chi connectivity index (χ2n) is 4.87. The predicted molar refractivity (Wildman–Crippen MR) is 86.8 cm³/mol. The molecule has 114 valence electrons. The Morgan fingerprint density at radius 1 is 1.04 bits per heavy atom. The minimum absolute atomic E-state index is 0.114. The topological polar surface area (TPSA) is 76.9 Å². The maximum atomic E-state index is 12.1. The Kier molecular flexibility index (Phi) is 4.24. The summed E-state index contributed by atoms with van der Waals surface area (Å²) in [4.78, 5) is 32.3. The summed E-state index contributed by atoms with van der Waals surface area (Å²) >= 11 is 0. The fraction of sp³-hybridized carbons (Fsp3) is 0.0588. The summed E-state index contributed by atoms with van der Waals surface area (Å²) in [6.45, 7) is -0.114. The molecule has 1 aromatic carbocycles. The van der Waals surface area contributed by atoms with Gasteiger partial charge in [0.25, 0.3) is 5.56 Å². The quantitative estimate of drug-likeness (QED) is 0.799. The normalized spacial score (nSPS) is 10.3. The Bertz CT molecular complexity index is 861. The van der Waals surface area contributed by atoms with E-state index in [2.05, 4.69) is 15.3 Å². The molecule has 1 N–H and O–H groups in total. The molecule has 0 aliphatic rings. The van der Waals surface area contributed by atoms with Gasteiger partial charge in [-0.2, -0.15) is 0 Å². The van der Waals surface area contributed by atoms with Gasteiger partial charge in [0, 0.05) is 17.8 Å². The maximum Gasteiger partial charge on any atom is 0.254 e. The molecule has 23 heavy (non-hydrogen) atoms. The number of hydrogen-bond acceptors (Lipinski definition) is 4. The lowest BCUT2D eigenvalue weighted by molar-refractivity contribution is -0.116. The molecular weight excluding hydrogens is 292 g/mol. The van der Waals surface area contributed by atoms with Gasteiger partial charge in [-0.05, 0) is 12.1 Å². The van der Waals surface area contributed by atoms with E-state index in [9.17, 15) is 9.59 Å². The smallest absolute Gasteiger partial charge is 0.254 e. The molecule has 0 fully saturated rings. The van der Waals surface area contributed by atoms with Gasteiger partial charge in [-0.25, -0.2) is 9.97 Å². The van der Waals surface area contributed by atoms with Crippen LogP contribution < -0.4 is 10.9 Å². The number of aromatic nitrogens is 3. The van der Waals surface area contributed by atoms with Crippen LogP contribution >= 0.6 is 0 Å². The van der Waals surface area contributed by atoms with Gasteiger partial charge in [0.15, 0.2) is 0 Å². The number of benzene rings is 1. The molecule has 6 nitrogen and oxygen atoms in total. The first-order valence-corrected chi connectivity index (χ1v) is 7.05. The minimum atomic E-state index is -0.333. The van der Waals surface area contributed by atoms with Crippen LogP contribution in [0.3, 0.4) is 0 Å². The maximum absolute atomic E-state index is 12.1. The fourth-order valence-corrected chi connectivity index (χ4v) is 2.09. The molecule has 0 atom stereocenters. The number of amides is 1. The van der Waals surface area contributed by atoms with Crippen molar-refractivity contribution in [1.29, 1.82) is 0 Å². The van der Waals surface area contributed by atoms with Crippen molar-refractivity contribution in [1.82, 2.24) is 14.5 Å². The largest absolute Gasteiger partial charge is 0.309 e. The van der Waals surface area contributed by atoms with Gasteiger partial charge in [-0.3, -0.25) is 14.2 Å². The monoisotopic (exact) mass is 306 g/mol. The van der Waals surface area contributed by atoms with Crippen molar-refractivity contribution in [2.24, 2.45) is 0 Å². The lowest BCUT2D eigenvalue weighted by Crippen LogP contribution is -2.27. The van der Waals surface area contributed by atoms with E-state index in [4.69, 9.17) is 0 Å². The highest BCUT2D eigenvalue weighted by Crippen LogP contribution is 2.13. The van der Waals surface area contributed by atoms with E-state index in [1.165, 1.54) is 17.0 Å². The van der Waals surface area contributed by atoms with Crippen LogP contribution in [0, 0.1) is 0 Å². The number of rotatable bonds is 4. The molecule has 0 unspecified atom stereocenters. The van der Waals surface area contributed by atoms with Gasteiger partial charge >= 0.3 is 0 Å². The van der Waals surface area contributed by atoms with Gasteiger partial charge in [0.1, 0.15) is 12.4 Å². The average molecular weight is 306 g/mol. The van der Waals surface area contributed by atoms with Gasteiger partial charge in [-0.1, -0.05) is 36.4 Å². The first-order chi connectivity index (χ1) is 11.2. The van der Waals surface area contributed by atoms with E-state index in [1.54, 1.807) is 24.4 Å². The van der Waals surface area contributed by atoms with E-state index in [1.807, 2.05) is 30.3 Å². The van der Waals surface area contributed by atoms with Crippen molar-refractivity contribution in [2.75, 3.05) is 5.32 Å². The molecule has 0 radical (unpaired) electrons. The highest BCUT2D eigenvalue weighted by molar-refractivity contribution is 5.89. The summed E-state index contributed by atoms with van der Waals surface area (Å²) in [6.07, 6.45) is 2.96. The van der Waals surface area contributed by atoms with Crippen LogP contribution in [-0.2, 0) is 11.3 Å². The highest BCUT2D eigenvalue weighted by Gasteiger charge is 2.07. The first-order valence-electron chi connectivity index (χ1n) is 7.05. The average Bonchev–Trinajstić information content (AvgIpc) is 2.58. The summed E-state index contributed by atoms with van der Waals surface area (Å²) in [7, 11) is 0. The number of nitrogens with one attached hydrogen (secondary N) is 1. The summed E-state index contributed by atoms with van der Waals surface area (Å²) < 4.78 is 1.25. The van der Waals surface area contributed by atoms with E-state index >= 15 is 0 Å². The summed E-state index contributed by atoms with van der Waals surface area (Å²) in [5, 5.41) is 2.63. The first kappa shape index (κ1) is 14.6. The Morgan fingerprint density at radius 2 is 1.83 bits per heavy atom. The molecule has 0 spiro atoms. The van der Waals surface area contributed by atoms with E-state index < -0.39 is 0 Å². The molecule has 1 amide bonds. The third kappa shape index (κ3) is 3.68. The molecule has 0 aliphatic heterocycles. The van der Waals surface area contributed by atoms with Gasteiger partial charge < -0.3 is 5.32 Å². The third-order valence-corrected chi connectivity index (χ3v) is 3.20. The summed E-state index contributed by atoms with van der Waals surface area (Å²) in [6, 6.07) is 16.0. The van der Waals surface area contributed by atoms with Crippen molar-refractivity contribution in [3.8, 4) is 11.3 Å². The van der Waals surface area contributed by atoms with Crippen LogP contribution in [0.5, 0.6) is 0 Å². The number of carbonyl (C=O) groups is 1. The molecule has 3 rings (SSSR count). The lowest BCUT2D eigenvalue weighted by atomic mass is 10.1. The predicted octanol–water partition coefficient (Wildman–Crippen LogP) is 1.94. The van der Waals surface area contributed by atoms with Crippen molar-refractivity contribution in [3.05, 3.63) is 77.5 Å². The molecule has 0 saturated carbocycles. The fourth-order valence-electron chi connectivity index (χ4n) is 2.09. The Labute approximate surface area is 132 Å². The van der Waals surface area contributed by atoms with Gasteiger partial charge in [0.05, 0.1) is 12.0 Å². The zero-order valence-electron chi connectivity index (χ0n) is 12.2. The van der Waals surface area contributed by atoms with Crippen LogP contribution in [0.25, 0.3) is 11.3 Å². The van der Waals surface area contributed by atoms with Crippen molar-refractivity contribution in [3.63, 3.8) is 0 Å². The lowest BCUT2D eigenvalue weighted by Gasteiger charge is -2.07. The van der Waals surface area contributed by atoms with Crippen LogP contribution in [0.1, 0.15) is 0 Å². The van der Waals surface area contributed by atoms with Crippen LogP contribution in [0.15, 0.2) is 71.9 Å². The van der Waals surface area contributed by atoms with Gasteiger partial charge in [0.2, 0.25) is 5.91 Å². The zero-order chi connectivity index (χ0) is 16.1. The van der Waals surface area contributed by atoms with E-state index in [-0.39, 0.29) is 18.0 Å². The highest BCUT2D eigenvalue weighted by atomic mass is 16.2. The van der Waals surface area contributed by atoms with E-state index in [0.717, 1.165) is 5.56 Å². The van der Waals surface area contributed by atoms with Crippen molar-refractivity contribution in [2.45, 2.75) is 6.54 Å². The third-order valence-electron chi connectivity index (χ3n) is 3.20. The number of nitrogens with zero attached hydrogens (tertiary/aromatic N) is 3. The number of carbonyl (C=O) groups excluding carboxylic acids is 1. The second kappa shape index (κ2) is 6.65. The SMILES string of the molecule is O=C(Cn1cnc(-c2ccccc2)cc1=O)Nc1ccccn1. The summed E-state index contributed by atoms with van der Waals surface area (Å²) in [5.41, 5.74) is 1.15. The number of anilines is 1. The van der Waals surface area contributed by atoms with Crippen molar-refractivity contribution >= 4 is 11.7 Å². The number of hydrogen-bond donors (Lipinski definition) is 1. The second-order valence-corrected chi connectivity index (χ2v) is 4.87. The van der Waals surface area contributed by atoms with E-state index in [0.29, 0.717) is 11.5 Å². The minimum Gasteiger partial charge on any atom is -0.309 e. The molecule has 2 aromatic heterocycles. The molecule has 0 aliphatic carbocycles. The number of pyridine rings is 1. The standard InChI is InChI=1S/C17H14N4O2/c22-16(20-15-8-4-5-9-18-15)11-21-12-19-14(10-17(21)23)13-6-2-1-3-7-13/h1-10,12H,11H2,(H,18,20,22). The van der Waals surface area contributed by atoms with Gasteiger partial charge in [-0.15, -0.1) is 0 Å². The van der Waals surface area contributed by atoms with Crippen LogP contribution in [-0.4, -0.2) is 20.4 Å². The molecule has 0 bridgehead atoms. The molecule has 3 aromatic rings. The Balaban J connectivity index is 1.74. The molecule has 2 heterocycles.